The molecule has 4 nitrogen and oxygen atoms in total. The second-order valence-electron chi connectivity index (χ2n) is 7.11. The average Bonchev–Trinajstić information content (AvgIpc) is 2.73. The van der Waals surface area contributed by atoms with Crippen LogP contribution in [0.15, 0.2) is 36.4 Å². The molecule has 0 bridgehead atoms. The van der Waals surface area contributed by atoms with E-state index in [1.165, 1.54) is 7.14 Å². The molecule has 0 saturated carbocycles. The maximum atomic E-state index is 6.08. The van der Waals surface area contributed by atoms with Crippen molar-refractivity contribution in [3.8, 4) is 22.6 Å². The van der Waals surface area contributed by atoms with Gasteiger partial charge in [-0.05, 0) is 118 Å². The first-order chi connectivity index (χ1) is 13.7. The monoisotopic (exact) mass is 606 g/mol. The highest BCUT2D eigenvalue weighted by molar-refractivity contribution is 14.1. The number of halogens is 2. The Morgan fingerprint density at radius 1 is 0.679 bits per heavy atom. The second-order valence-corrected chi connectivity index (χ2v) is 9.44. The van der Waals surface area contributed by atoms with Crippen molar-refractivity contribution in [2.24, 2.45) is 0 Å². The molecular formula is C22H24I2O4. The summed E-state index contributed by atoms with van der Waals surface area (Å²) in [7, 11) is 0. The largest absolute Gasteiger partial charge is 0.465 e. The number of hydrogen-bond acceptors (Lipinski definition) is 4. The first-order valence-electron chi connectivity index (χ1n) is 9.85. The van der Waals surface area contributed by atoms with Crippen LogP contribution >= 0.6 is 45.2 Å². The van der Waals surface area contributed by atoms with Crippen molar-refractivity contribution in [3.05, 3.63) is 43.5 Å². The van der Waals surface area contributed by atoms with Crippen LogP contribution in [0.3, 0.4) is 0 Å². The summed E-state index contributed by atoms with van der Waals surface area (Å²) in [5.41, 5.74) is 2.29. The molecule has 2 aromatic carbocycles. The molecule has 0 aromatic heterocycles. The highest BCUT2D eigenvalue weighted by atomic mass is 127. The lowest BCUT2D eigenvalue weighted by Crippen LogP contribution is -2.25. The van der Waals surface area contributed by atoms with Crippen molar-refractivity contribution in [2.45, 2.75) is 51.1 Å². The van der Waals surface area contributed by atoms with E-state index in [-0.39, 0.29) is 12.6 Å². The molecule has 150 valence electrons. The maximum absolute atomic E-state index is 6.08. The Balaban J connectivity index is 1.56. The molecule has 2 saturated heterocycles. The van der Waals surface area contributed by atoms with Gasteiger partial charge in [0.2, 0.25) is 0 Å². The van der Waals surface area contributed by atoms with Crippen LogP contribution in [-0.4, -0.2) is 25.8 Å². The van der Waals surface area contributed by atoms with Crippen molar-refractivity contribution in [1.29, 1.82) is 0 Å². The van der Waals surface area contributed by atoms with Gasteiger partial charge in [-0.2, -0.15) is 0 Å². The molecule has 0 aliphatic carbocycles. The summed E-state index contributed by atoms with van der Waals surface area (Å²) in [5.74, 6) is 1.69. The van der Waals surface area contributed by atoms with Crippen LogP contribution in [0.25, 0.3) is 11.1 Å². The third-order valence-corrected chi connectivity index (χ3v) is 6.86. The molecule has 2 heterocycles. The van der Waals surface area contributed by atoms with Crippen LogP contribution in [-0.2, 0) is 9.47 Å². The van der Waals surface area contributed by atoms with Crippen LogP contribution in [0, 0.1) is 7.14 Å². The van der Waals surface area contributed by atoms with Crippen molar-refractivity contribution in [2.75, 3.05) is 13.2 Å². The van der Waals surface area contributed by atoms with E-state index < -0.39 is 0 Å². The van der Waals surface area contributed by atoms with Crippen molar-refractivity contribution in [3.63, 3.8) is 0 Å². The molecule has 0 amide bonds. The van der Waals surface area contributed by atoms with E-state index in [2.05, 4.69) is 69.4 Å². The van der Waals surface area contributed by atoms with E-state index >= 15 is 0 Å². The number of hydrogen-bond donors (Lipinski definition) is 0. The van der Waals surface area contributed by atoms with Gasteiger partial charge >= 0.3 is 0 Å². The number of rotatable bonds is 5. The summed E-state index contributed by atoms with van der Waals surface area (Å²) in [6, 6.07) is 12.5. The van der Waals surface area contributed by atoms with E-state index in [1.807, 2.05) is 12.1 Å². The van der Waals surface area contributed by atoms with Gasteiger partial charge in [-0.1, -0.05) is 0 Å². The number of benzene rings is 2. The fourth-order valence-corrected chi connectivity index (χ4v) is 4.73. The molecule has 28 heavy (non-hydrogen) atoms. The van der Waals surface area contributed by atoms with Crippen LogP contribution in [0.4, 0.5) is 0 Å². The minimum absolute atomic E-state index is 0.140. The molecule has 2 aliphatic rings. The van der Waals surface area contributed by atoms with Gasteiger partial charge in [0.1, 0.15) is 11.5 Å². The molecule has 6 heteroatoms. The zero-order valence-corrected chi connectivity index (χ0v) is 20.0. The normalized spacial score (nSPS) is 22.6. The molecule has 0 radical (unpaired) electrons. The van der Waals surface area contributed by atoms with Gasteiger partial charge in [0.25, 0.3) is 0 Å². The SMILES string of the molecule is Ic1ccc(OC2CCCCO2)cc1-c1cc(OC2CCCCO2)ccc1I. The standard InChI is InChI=1S/C22H24I2O4/c23-19-9-7-15(27-21-5-1-3-11-25-21)13-17(19)18-14-16(8-10-20(18)24)28-22-6-2-4-12-26-22/h7-10,13-14,21-22H,1-6,11-12H2. The molecule has 2 unspecified atom stereocenters. The van der Waals surface area contributed by atoms with Crippen molar-refractivity contribution >= 4 is 45.2 Å². The molecule has 2 atom stereocenters. The minimum atomic E-state index is -0.140. The second kappa shape index (κ2) is 9.95. The van der Waals surface area contributed by atoms with Gasteiger partial charge in [-0.25, -0.2) is 0 Å². The summed E-state index contributed by atoms with van der Waals surface area (Å²) in [6.45, 7) is 1.56. The molecule has 0 N–H and O–H groups in total. The van der Waals surface area contributed by atoms with Gasteiger partial charge in [0, 0.05) is 20.0 Å². The third kappa shape index (κ3) is 5.31. The Kier molecular flexibility index (Phi) is 7.35. The Bertz CT molecular complexity index is 732. The van der Waals surface area contributed by atoms with Crippen molar-refractivity contribution in [1.82, 2.24) is 0 Å². The Labute approximate surface area is 193 Å². The Morgan fingerprint density at radius 2 is 1.14 bits per heavy atom. The zero-order valence-electron chi connectivity index (χ0n) is 15.7. The lowest BCUT2D eigenvalue weighted by Gasteiger charge is -2.24. The van der Waals surface area contributed by atoms with E-state index in [0.717, 1.165) is 74.4 Å². The van der Waals surface area contributed by atoms with Gasteiger partial charge < -0.3 is 18.9 Å². The summed E-state index contributed by atoms with van der Waals surface area (Å²) < 4.78 is 26.0. The van der Waals surface area contributed by atoms with Crippen LogP contribution < -0.4 is 9.47 Å². The van der Waals surface area contributed by atoms with Crippen molar-refractivity contribution < 1.29 is 18.9 Å². The fraction of sp³-hybridized carbons (Fsp3) is 0.455. The summed E-state index contributed by atoms with van der Waals surface area (Å²) in [5, 5.41) is 0. The molecule has 2 aliphatic heterocycles. The molecule has 2 fully saturated rings. The maximum Gasteiger partial charge on any atom is 0.199 e. The van der Waals surface area contributed by atoms with Gasteiger partial charge in [0.15, 0.2) is 12.6 Å². The van der Waals surface area contributed by atoms with Gasteiger partial charge in [0.05, 0.1) is 13.2 Å². The summed E-state index contributed by atoms with van der Waals surface area (Å²) >= 11 is 4.76. The number of ether oxygens (including phenoxy) is 4. The molecule has 0 spiro atoms. The predicted molar refractivity (Wildman–Crippen MR) is 126 cm³/mol. The van der Waals surface area contributed by atoms with E-state index in [9.17, 15) is 0 Å². The topological polar surface area (TPSA) is 36.9 Å². The highest BCUT2D eigenvalue weighted by Crippen LogP contribution is 2.35. The average molecular weight is 606 g/mol. The Hall–Kier alpha value is -0.580. The fourth-order valence-electron chi connectivity index (χ4n) is 3.48. The lowest BCUT2D eigenvalue weighted by molar-refractivity contribution is -0.106. The van der Waals surface area contributed by atoms with E-state index in [0.29, 0.717) is 0 Å². The zero-order chi connectivity index (χ0) is 19.3. The Morgan fingerprint density at radius 3 is 1.54 bits per heavy atom. The first-order valence-corrected chi connectivity index (χ1v) is 12.0. The minimum Gasteiger partial charge on any atom is -0.465 e. The third-order valence-electron chi connectivity index (χ3n) is 4.98. The lowest BCUT2D eigenvalue weighted by atomic mass is 10.1. The molecular weight excluding hydrogens is 582 g/mol. The summed E-state index contributed by atoms with van der Waals surface area (Å²) in [4.78, 5) is 0. The van der Waals surface area contributed by atoms with Gasteiger partial charge in [-0.3, -0.25) is 0 Å². The first kappa shape index (κ1) is 20.7. The molecule has 4 rings (SSSR count). The van der Waals surface area contributed by atoms with Crippen LogP contribution in [0.5, 0.6) is 11.5 Å². The molecule has 2 aromatic rings. The quantitative estimate of drug-likeness (QED) is 0.371. The van der Waals surface area contributed by atoms with Crippen LogP contribution in [0.2, 0.25) is 0 Å². The predicted octanol–water partition coefficient (Wildman–Crippen LogP) is 6.37. The highest BCUT2D eigenvalue weighted by Gasteiger charge is 2.18. The smallest absolute Gasteiger partial charge is 0.199 e. The van der Waals surface area contributed by atoms with E-state index in [1.54, 1.807) is 0 Å². The van der Waals surface area contributed by atoms with E-state index in [4.69, 9.17) is 18.9 Å². The van der Waals surface area contributed by atoms with Crippen LogP contribution in [0.1, 0.15) is 38.5 Å². The summed E-state index contributed by atoms with van der Waals surface area (Å²) in [6.07, 6.45) is 6.16. The van der Waals surface area contributed by atoms with Gasteiger partial charge in [-0.15, -0.1) is 0 Å².